The molecular formula is C18H20ClF3N2O3. The van der Waals surface area contributed by atoms with Crippen molar-refractivity contribution < 1.29 is 22.9 Å². The number of fused-ring (bicyclic) bond motifs is 1. The molecule has 0 spiro atoms. The quantitative estimate of drug-likeness (QED) is 0.395. The number of carbonyl (C=O) groups excluding carboxylic acids is 1. The Kier molecular flexibility index (Phi) is 8.02. The maximum atomic E-state index is 12.6. The second-order valence-electron chi connectivity index (χ2n) is 5.51. The van der Waals surface area contributed by atoms with Crippen molar-refractivity contribution in [3.05, 3.63) is 52.1 Å². The van der Waals surface area contributed by atoms with Gasteiger partial charge in [-0.15, -0.1) is 11.6 Å². The Morgan fingerprint density at radius 3 is 2.26 bits per heavy atom. The van der Waals surface area contributed by atoms with Gasteiger partial charge in [0.1, 0.15) is 0 Å². The van der Waals surface area contributed by atoms with Gasteiger partial charge in [0, 0.05) is 31.5 Å². The van der Waals surface area contributed by atoms with Crippen LogP contribution in [0.1, 0.15) is 25.3 Å². The fraction of sp³-hybridized carbons (Fsp3) is 0.389. The number of amides is 1. The summed E-state index contributed by atoms with van der Waals surface area (Å²) in [5.74, 6) is -2.78. The van der Waals surface area contributed by atoms with Gasteiger partial charge in [-0.05, 0) is 10.9 Å². The summed E-state index contributed by atoms with van der Waals surface area (Å²) in [6, 6.07) is 9.41. The molecule has 148 valence electrons. The minimum Gasteiger partial charge on any atom is -0.337 e. The first-order valence-electron chi connectivity index (χ1n) is 8.21. The number of nitro groups is 1. The largest absolute Gasteiger partial charge is 0.471 e. The molecule has 0 aliphatic rings. The molecule has 0 bridgehead atoms. The van der Waals surface area contributed by atoms with Crippen LogP contribution >= 0.6 is 11.6 Å². The molecular weight excluding hydrogens is 385 g/mol. The molecule has 27 heavy (non-hydrogen) atoms. The molecule has 9 heteroatoms. The average molecular weight is 405 g/mol. The molecule has 0 radical (unpaired) electrons. The molecule has 0 aliphatic carbocycles. The van der Waals surface area contributed by atoms with E-state index >= 15 is 0 Å². The third-order valence-corrected chi connectivity index (χ3v) is 4.19. The van der Waals surface area contributed by atoms with Gasteiger partial charge in [0.2, 0.25) is 0 Å². The Bertz CT molecular complexity index is 807. The molecule has 0 heterocycles. The summed E-state index contributed by atoms with van der Waals surface area (Å²) in [5, 5.41) is 12.2. The number of carbonyl (C=O) groups is 1. The summed E-state index contributed by atoms with van der Waals surface area (Å²) >= 11 is 5.91. The van der Waals surface area contributed by atoms with E-state index in [0.29, 0.717) is 21.2 Å². The zero-order valence-electron chi connectivity index (χ0n) is 15.1. The third-order valence-electron chi connectivity index (χ3n) is 3.82. The second-order valence-corrected chi connectivity index (χ2v) is 5.82. The summed E-state index contributed by atoms with van der Waals surface area (Å²) in [6.07, 6.45) is -4.99. The zero-order valence-corrected chi connectivity index (χ0v) is 15.8. The molecule has 0 saturated carbocycles. The highest BCUT2D eigenvalue weighted by Gasteiger charge is 2.41. The van der Waals surface area contributed by atoms with Crippen LogP contribution in [-0.4, -0.2) is 41.4 Å². The first kappa shape index (κ1) is 22.7. The number of benzene rings is 2. The minimum atomic E-state index is -4.99. The number of alkyl halides is 4. The Balaban J connectivity index is 0.00000176. The summed E-state index contributed by atoms with van der Waals surface area (Å²) in [6.45, 7) is 3.69. The molecule has 2 rings (SSSR count). The van der Waals surface area contributed by atoms with Gasteiger partial charge < -0.3 is 4.90 Å². The zero-order chi connectivity index (χ0) is 20.8. The average Bonchev–Trinajstić information content (AvgIpc) is 2.65. The van der Waals surface area contributed by atoms with E-state index in [1.807, 2.05) is 13.8 Å². The fourth-order valence-corrected chi connectivity index (χ4v) is 2.97. The Morgan fingerprint density at radius 1 is 1.22 bits per heavy atom. The number of hydrogen-bond donors (Lipinski definition) is 0. The Morgan fingerprint density at radius 2 is 1.78 bits per heavy atom. The van der Waals surface area contributed by atoms with Gasteiger partial charge in [-0.2, -0.15) is 13.2 Å². The van der Waals surface area contributed by atoms with E-state index in [1.54, 1.807) is 24.3 Å². The van der Waals surface area contributed by atoms with Crippen molar-refractivity contribution in [3.8, 4) is 0 Å². The van der Waals surface area contributed by atoms with Crippen LogP contribution in [0.25, 0.3) is 10.8 Å². The lowest BCUT2D eigenvalue weighted by molar-refractivity contribution is -0.383. The minimum absolute atomic E-state index is 0.0966. The number of nitro benzene ring substituents is 1. The molecule has 5 nitrogen and oxygen atoms in total. The lowest BCUT2D eigenvalue weighted by Crippen LogP contribution is -2.40. The van der Waals surface area contributed by atoms with E-state index in [9.17, 15) is 28.1 Å². The summed E-state index contributed by atoms with van der Waals surface area (Å²) in [4.78, 5) is 22.6. The van der Waals surface area contributed by atoms with Gasteiger partial charge in [-0.1, -0.05) is 44.2 Å². The van der Waals surface area contributed by atoms with Crippen LogP contribution < -0.4 is 0 Å². The van der Waals surface area contributed by atoms with E-state index in [2.05, 4.69) is 0 Å². The standard InChI is InChI=1S/C16H14ClF3N2O3.C2H6/c1-21(15(23)16(18,19)20)9-11(8-17)12-6-2-4-10-5-3-7-13(14(10)12)22(24)25;1-2/h2-7,11H,8-9H2,1H3;1-2H3. The van der Waals surface area contributed by atoms with Gasteiger partial charge in [-0.3, -0.25) is 14.9 Å². The van der Waals surface area contributed by atoms with Crippen LogP contribution in [0.2, 0.25) is 0 Å². The monoisotopic (exact) mass is 404 g/mol. The van der Waals surface area contributed by atoms with Crippen molar-refractivity contribution in [2.45, 2.75) is 25.9 Å². The number of hydrogen-bond acceptors (Lipinski definition) is 3. The van der Waals surface area contributed by atoms with Crippen LogP contribution in [0.5, 0.6) is 0 Å². The van der Waals surface area contributed by atoms with Crippen molar-refractivity contribution in [2.75, 3.05) is 19.5 Å². The van der Waals surface area contributed by atoms with E-state index in [4.69, 9.17) is 11.6 Å². The molecule has 2 aromatic rings. The molecule has 0 fully saturated rings. The van der Waals surface area contributed by atoms with Gasteiger partial charge in [0.15, 0.2) is 0 Å². The highest BCUT2D eigenvalue weighted by molar-refractivity contribution is 6.18. The van der Waals surface area contributed by atoms with Crippen molar-refractivity contribution >= 4 is 34.0 Å². The maximum Gasteiger partial charge on any atom is 0.471 e. The second kappa shape index (κ2) is 9.55. The molecule has 0 aliphatic heterocycles. The molecule has 1 atom stereocenters. The van der Waals surface area contributed by atoms with Crippen LogP contribution in [0.4, 0.5) is 18.9 Å². The van der Waals surface area contributed by atoms with Crippen LogP contribution in [0, 0.1) is 10.1 Å². The van der Waals surface area contributed by atoms with Gasteiger partial charge in [0.25, 0.3) is 5.69 Å². The van der Waals surface area contributed by atoms with Crippen molar-refractivity contribution in [2.24, 2.45) is 0 Å². The number of nitrogens with zero attached hydrogens (tertiary/aromatic N) is 2. The van der Waals surface area contributed by atoms with Crippen LogP contribution in [0.3, 0.4) is 0 Å². The maximum absolute atomic E-state index is 12.6. The number of likely N-dealkylation sites (N-methyl/N-ethyl adjacent to an activating group) is 1. The first-order chi connectivity index (χ1) is 12.7. The molecule has 1 amide bonds. The lowest BCUT2D eigenvalue weighted by atomic mass is 9.93. The van der Waals surface area contributed by atoms with Crippen molar-refractivity contribution in [1.82, 2.24) is 4.90 Å². The number of halogens is 4. The van der Waals surface area contributed by atoms with E-state index in [-0.39, 0.29) is 18.1 Å². The summed E-state index contributed by atoms with van der Waals surface area (Å²) in [7, 11) is 1.02. The molecule has 1 unspecified atom stereocenters. The molecule has 0 aromatic heterocycles. The summed E-state index contributed by atoms with van der Waals surface area (Å²) in [5.41, 5.74) is 0.273. The summed E-state index contributed by atoms with van der Waals surface area (Å²) < 4.78 is 37.7. The van der Waals surface area contributed by atoms with Crippen molar-refractivity contribution in [1.29, 1.82) is 0 Å². The highest BCUT2D eigenvalue weighted by Crippen LogP contribution is 2.34. The topological polar surface area (TPSA) is 63.4 Å². The molecule has 2 aromatic carbocycles. The third kappa shape index (κ3) is 5.32. The molecule has 0 saturated heterocycles. The van der Waals surface area contributed by atoms with Gasteiger partial charge >= 0.3 is 12.1 Å². The normalized spacial score (nSPS) is 12.1. The Labute approximate surface area is 159 Å². The molecule has 0 N–H and O–H groups in total. The lowest BCUT2D eigenvalue weighted by Gasteiger charge is -2.24. The SMILES string of the molecule is CC.CN(CC(CCl)c1cccc2cccc([N+](=O)[O-])c12)C(=O)C(F)(F)F. The van der Waals surface area contributed by atoms with Crippen LogP contribution in [-0.2, 0) is 4.79 Å². The highest BCUT2D eigenvalue weighted by atomic mass is 35.5. The first-order valence-corrected chi connectivity index (χ1v) is 8.74. The van der Waals surface area contributed by atoms with Gasteiger partial charge in [0.05, 0.1) is 10.3 Å². The van der Waals surface area contributed by atoms with Crippen LogP contribution in [0.15, 0.2) is 36.4 Å². The van der Waals surface area contributed by atoms with E-state index in [0.717, 1.165) is 7.05 Å². The smallest absolute Gasteiger partial charge is 0.337 e. The van der Waals surface area contributed by atoms with Crippen molar-refractivity contribution in [3.63, 3.8) is 0 Å². The number of rotatable bonds is 5. The Hall–Kier alpha value is -2.35. The van der Waals surface area contributed by atoms with E-state index in [1.165, 1.54) is 12.1 Å². The van der Waals surface area contributed by atoms with Gasteiger partial charge in [-0.25, -0.2) is 0 Å². The fourth-order valence-electron chi connectivity index (χ4n) is 2.70. The predicted octanol–water partition coefficient (Wildman–Crippen LogP) is 5.12. The van der Waals surface area contributed by atoms with E-state index < -0.39 is 22.9 Å². The predicted molar refractivity (Wildman–Crippen MR) is 99.1 cm³/mol. The number of non-ortho nitro benzene ring substituents is 1.